The van der Waals surface area contributed by atoms with E-state index >= 15 is 0 Å². The summed E-state index contributed by atoms with van der Waals surface area (Å²) in [7, 11) is 0. The van der Waals surface area contributed by atoms with E-state index in [1.54, 1.807) is 23.1 Å². The summed E-state index contributed by atoms with van der Waals surface area (Å²) in [4.78, 5) is 13.4. The van der Waals surface area contributed by atoms with Gasteiger partial charge in [0.15, 0.2) is 0 Å². The molecule has 0 aliphatic carbocycles. The summed E-state index contributed by atoms with van der Waals surface area (Å²) in [5.41, 5.74) is 0.570. The Morgan fingerprint density at radius 3 is 2.88 bits per heavy atom. The number of hydrogen-bond acceptors (Lipinski definition) is 2. The number of aliphatic hydroxyl groups is 1. The van der Waals surface area contributed by atoms with Crippen molar-refractivity contribution < 1.29 is 14.3 Å². The molecule has 0 radical (unpaired) electrons. The highest BCUT2D eigenvalue weighted by molar-refractivity contribution is 5.76. The largest absolute Gasteiger partial charge is 0.391 e. The van der Waals surface area contributed by atoms with E-state index in [1.165, 1.54) is 6.07 Å². The Morgan fingerprint density at radius 2 is 2.24 bits per heavy atom. The highest BCUT2D eigenvalue weighted by Crippen LogP contribution is 2.13. The van der Waals surface area contributed by atoms with Gasteiger partial charge >= 0.3 is 0 Å². The predicted molar refractivity (Wildman–Crippen MR) is 61.9 cm³/mol. The molecule has 1 saturated heterocycles. The Bertz CT molecular complexity index is 408. The Hall–Kier alpha value is -1.42. The lowest BCUT2D eigenvalue weighted by Crippen LogP contribution is -2.29. The molecule has 4 heteroatoms. The molecule has 92 valence electrons. The lowest BCUT2D eigenvalue weighted by Gasteiger charge is -2.15. The number of aliphatic hydroxyl groups excluding tert-OH is 1. The molecule has 1 fully saturated rings. The predicted octanol–water partition coefficient (Wildman–Crippen LogP) is 1.35. The SMILES string of the molecule is O=C(CCc1ccccc1F)N1CC[C@H](O)C1. The standard InChI is InChI=1S/C13H16FNO2/c14-12-4-2-1-3-10(12)5-6-13(17)15-8-7-11(16)9-15/h1-4,11,16H,5-9H2/t11-/m0/s1. The molecule has 1 aromatic carbocycles. The molecule has 1 aromatic rings. The molecule has 1 amide bonds. The minimum atomic E-state index is -0.396. The number of carbonyl (C=O) groups is 1. The molecule has 2 rings (SSSR count). The Balaban J connectivity index is 1.86. The molecule has 0 saturated carbocycles. The molecule has 1 N–H and O–H groups in total. The number of rotatable bonds is 3. The minimum Gasteiger partial charge on any atom is -0.391 e. The normalized spacial score (nSPS) is 19.6. The van der Waals surface area contributed by atoms with Crippen molar-refractivity contribution in [1.29, 1.82) is 0 Å². The maximum absolute atomic E-state index is 13.3. The first-order chi connectivity index (χ1) is 8.16. The van der Waals surface area contributed by atoms with Crippen LogP contribution in [0.25, 0.3) is 0 Å². The van der Waals surface area contributed by atoms with Crippen molar-refractivity contribution in [2.75, 3.05) is 13.1 Å². The molecule has 1 heterocycles. The van der Waals surface area contributed by atoms with Gasteiger partial charge in [-0.25, -0.2) is 4.39 Å². The maximum Gasteiger partial charge on any atom is 0.222 e. The van der Waals surface area contributed by atoms with Crippen molar-refractivity contribution in [3.05, 3.63) is 35.6 Å². The number of aryl methyl sites for hydroxylation is 1. The van der Waals surface area contributed by atoms with Crippen LogP contribution in [0.4, 0.5) is 4.39 Å². The number of benzene rings is 1. The molecule has 0 aromatic heterocycles. The van der Waals surface area contributed by atoms with Crippen molar-refractivity contribution in [2.24, 2.45) is 0 Å². The summed E-state index contributed by atoms with van der Waals surface area (Å²) in [6.45, 7) is 1.02. The molecule has 3 nitrogen and oxygen atoms in total. The third kappa shape index (κ3) is 3.03. The fraction of sp³-hybridized carbons (Fsp3) is 0.462. The van der Waals surface area contributed by atoms with E-state index in [4.69, 9.17) is 0 Å². The average Bonchev–Trinajstić information content (AvgIpc) is 2.74. The summed E-state index contributed by atoms with van der Waals surface area (Å²) < 4.78 is 13.3. The average molecular weight is 237 g/mol. The van der Waals surface area contributed by atoms with Gasteiger partial charge in [0.25, 0.3) is 0 Å². The van der Waals surface area contributed by atoms with Gasteiger partial charge in [0.05, 0.1) is 6.10 Å². The van der Waals surface area contributed by atoms with Crippen LogP contribution in [0.15, 0.2) is 24.3 Å². The van der Waals surface area contributed by atoms with E-state index in [1.807, 2.05) is 0 Å². The van der Waals surface area contributed by atoms with Gasteiger partial charge in [-0.05, 0) is 24.5 Å². The smallest absolute Gasteiger partial charge is 0.222 e. The summed E-state index contributed by atoms with van der Waals surface area (Å²) in [5.74, 6) is -0.272. The number of β-amino-alcohol motifs (C(OH)–C–C–N with tert-alkyl or cyclic N) is 1. The lowest BCUT2D eigenvalue weighted by molar-refractivity contribution is -0.130. The number of carbonyl (C=O) groups excluding carboxylic acids is 1. The first-order valence-corrected chi connectivity index (χ1v) is 5.86. The zero-order valence-corrected chi connectivity index (χ0v) is 9.60. The highest BCUT2D eigenvalue weighted by Gasteiger charge is 2.24. The van der Waals surface area contributed by atoms with Gasteiger partial charge < -0.3 is 10.0 Å². The summed E-state index contributed by atoms with van der Waals surface area (Å²) in [6, 6.07) is 6.50. The second-order valence-corrected chi connectivity index (χ2v) is 4.37. The third-order valence-corrected chi connectivity index (χ3v) is 3.08. The van der Waals surface area contributed by atoms with Crippen LogP contribution in [-0.4, -0.2) is 35.1 Å². The first kappa shape index (κ1) is 12.0. The zero-order valence-electron chi connectivity index (χ0n) is 9.60. The molecule has 1 aliphatic rings. The zero-order chi connectivity index (χ0) is 12.3. The number of halogens is 1. The maximum atomic E-state index is 13.3. The second-order valence-electron chi connectivity index (χ2n) is 4.37. The number of likely N-dealkylation sites (tertiary alicyclic amines) is 1. The number of hydrogen-bond donors (Lipinski definition) is 1. The third-order valence-electron chi connectivity index (χ3n) is 3.08. The topological polar surface area (TPSA) is 40.5 Å². The first-order valence-electron chi connectivity index (χ1n) is 5.86. The summed E-state index contributed by atoms with van der Waals surface area (Å²) in [5, 5.41) is 9.32. The molecule has 0 bridgehead atoms. The lowest BCUT2D eigenvalue weighted by atomic mass is 10.1. The van der Waals surface area contributed by atoms with Gasteiger partial charge in [0.1, 0.15) is 5.82 Å². The van der Waals surface area contributed by atoms with Crippen molar-refractivity contribution in [2.45, 2.75) is 25.4 Å². The fourth-order valence-electron chi connectivity index (χ4n) is 2.07. The Labute approximate surface area is 99.9 Å². The molecule has 1 atom stereocenters. The highest BCUT2D eigenvalue weighted by atomic mass is 19.1. The monoisotopic (exact) mass is 237 g/mol. The van der Waals surface area contributed by atoms with E-state index in [9.17, 15) is 14.3 Å². The quantitative estimate of drug-likeness (QED) is 0.862. The van der Waals surface area contributed by atoms with Gasteiger partial charge in [-0.3, -0.25) is 4.79 Å². The van der Waals surface area contributed by atoms with Gasteiger partial charge in [-0.1, -0.05) is 18.2 Å². The Kier molecular flexibility index (Phi) is 3.74. The number of nitrogens with zero attached hydrogens (tertiary/aromatic N) is 1. The number of amides is 1. The molecule has 1 aliphatic heterocycles. The molecule has 17 heavy (non-hydrogen) atoms. The van der Waals surface area contributed by atoms with Crippen molar-refractivity contribution >= 4 is 5.91 Å². The van der Waals surface area contributed by atoms with Crippen LogP contribution in [0.1, 0.15) is 18.4 Å². The minimum absolute atomic E-state index is 0.00944. The summed E-state index contributed by atoms with van der Waals surface area (Å²) >= 11 is 0. The molecule has 0 spiro atoms. The van der Waals surface area contributed by atoms with Crippen LogP contribution in [-0.2, 0) is 11.2 Å². The van der Waals surface area contributed by atoms with Crippen molar-refractivity contribution in [3.63, 3.8) is 0 Å². The molecular weight excluding hydrogens is 221 g/mol. The van der Waals surface area contributed by atoms with E-state index in [-0.39, 0.29) is 11.7 Å². The van der Waals surface area contributed by atoms with Gasteiger partial charge in [-0.2, -0.15) is 0 Å². The second kappa shape index (κ2) is 5.27. The van der Waals surface area contributed by atoms with Crippen LogP contribution in [0.2, 0.25) is 0 Å². The fourth-order valence-corrected chi connectivity index (χ4v) is 2.07. The van der Waals surface area contributed by atoms with Crippen LogP contribution in [0.3, 0.4) is 0 Å². The molecular formula is C13H16FNO2. The van der Waals surface area contributed by atoms with Crippen molar-refractivity contribution in [3.8, 4) is 0 Å². The van der Waals surface area contributed by atoms with Crippen LogP contribution >= 0.6 is 0 Å². The Morgan fingerprint density at radius 1 is 1.47 bits per heavy atom. The van der Waals surface area contributed by atoms with E-state index in [2.05, 4.69) is 0 Å². The van der Waals surface area contributed by atoms with Crippen LogP contribution in [0, 0.1) is 5.82 Å². The van der Waals surface area contributed by atoms with Crippen molar-refractivity contribution in [1.82, 2.24) is 4.90 Å². The van der Waals surface area contributed by atoms with E-state index in [0.29, 0.717) is 37.9 Å². The molecule has 0 unspecified atom stereocenters. The van der Waals surface area contributed by atoms with Crippen LogP contribution < -0.4 is 0 Å². The van der Waals surface area contributed by atoms with E-state index < -0.39 is 6.10 Å². The van der Waals surface area contributed by atoms with E-state index in [0.717, 1.165) is 0 Å². The van der Waals surface area contributed by atoms with Gasteiger partial charge in [0.2, 0.25) is 5.91 Å². The van der Waals surface area contributed by atoms with Gasteiger partial charge in [-0.15, -0.1) is 0 Å². The van der Waals surface area contributed by atoms with Crippen LogP contribution in [0.5, 0.6) is 0 Å². The summed E-state index contributed by atoms with van der Waals surface area (Å²) in [6.07, 6.45) is 0.962. The van der Waals surface area contributed by atoms with Gasteiger partial charge in [0, 0.05) is 19.5 Å².